The number of allylic oxidation sites excluding steroid dienone is 2. The quantitative estimate of drug-likeness (QED) is 0.338. The number of aromatic hydroxyl groups is 2. The standard InChI is InChI=1S/C24H30O6/c1-3-5-19-17-21(7-9-23(19)25)29-15-13-27-11-12-28-14-16-30-22-8-10-24(26)20(18-22)6-4-2/h3-4,7-10,17-18,25-26H,1-2,5-6,11-16H2. The van der Waals surface area contributed by atoms with Crippen LogP contribution in [0.1, 0.15) is 11.1 Å². The van der Waals surface area contributed by atoms with Crippen molar-refractivity contribution in [2.75, 3.05) is 39.6 Å². The molecule has 0 aliphatic heterocycles. The first-order valence-electron chi connectivity index (χ1n) is 9.90. The highest BCUT2D eigenvalue weighted by Gasteiger charge is 2.03. The van der Waals surface area contributed by atoms with E-state index in [0.29, 0.717) is 64.0 Å². The molecule has 6 nitrogen and oxygen atoms in total. The van der Waals surface area contributed by atoms with E-state index in [2.05, 4.69) is 13.2 Å². The largest absolute Gasteiger partial charge is 0.508 e. The maximum atomic E-state index is 9.74. The summed E-state index contributed by atoms with van der Waals surface area (Å²) in [5, 5.41) is 19.5. The van der Waals surface area contributed by atoms with Gasteiger partial charge in [0, 0.05) is 11.1 Å². The molecule has 0 unspecified atom stereocenters. The van der Waals surface area contributed by atoms with E-state index in [1.807, 2.05) is 0 Å². The average molecular weight is 414 g/mol. The number of benzene rings is 2. The molecule has 2 N–H and O–H groups in total. The highest BCUT2D eigenvalue weighted by atomic mass is 16.6. The predicted octanol–water partition coefficient (Wildman–Crippen LogP) is 4.05. The lowest BCUT2D eigenvalue weighted by molar-refractivity contribution is 0.0273. The Kier molecular flexibility index (Phi) is 10.3. The van der Waals surface area contributed by atoms with Crippen LogP contribution < -0.4 is 9.47 Å². The van der Waals surface area contributed by atoms with E-state index in [1.54, 1.807) is 48.6 Å². The second kappa shape index (κ2) is 13.3. The molecule has 0 aliphatic carbocycles. The summed E-state index contributed by atoms with van der Waals surface area (Å²) >= 11 is 0. The average Bonchev–Trinajstić information content (AvgIpc) is 2.74. The lowest BCUT2D eigenvalue weighted by Gasteiger charge is -2.10. The monoisotopic (exact) mass is 414 g/mol. The molecule has 162 valence electrons. The molecule has 0 saturated heterocycles. The van der Waals surface area contributed by atoms with Crippen molar-refractivity contribution in [1.29, 1.82) is 0 Å². The molecule has 2 aromatic carbocycles. The molecular formula is C24H30O6. The van der Waals surface area contributed by atoms with Gasteiger partial charge in [0.15, 0.2) is 0 Å². The first kappa shape index (κ1) is 23.3. The number of hydrogen-bond donors (Lipinski definition) is 2. The number of ether oxygens (including phenoxy) is 4. The molecule has 0 heterocycles. The molecule has 0 spiro atoms. The van der Waals surface area contributed by atoms with Gasteiger partial charge in [0.1, 0.15) is 36.2 Å². The second-order valence-corrected chi connectivity index (χ2v) is 6.49. The Morgan fingerprint density at radius 3 is 1.43 bits per heavy atom. The maximum Gasteiger partial charge on any atom is 0.119 e. The highest BCUT2D eigenvalue weighted by molar-refractivity contribution is 5.41. The van der Waals surface area contributed by atoms with Crippen molar-refractivity contribution in [1.82, 2.24) is 0 Å². The van der Waals surface area contributed by atoms with Gasteiger partial charge in [-0.15, -0.1) is 13.2 Å². The minimum Gasteiger partial charge on any atom is -0.508 e. The summed E-state index contributed by atoms with van der Waals surface area (Å²) in [6, 6.07) is 10.3. The SMILES string of the molecule is C=CCc1cc(OCCOCCOCCOc2ccc(O)c(CC=C)c2)ccc1O. The summed E-state index contributed by atoms with van der Waals surface area (Å²) < 4.78 is 22.2. The minimum absolute atomic E-state index is 0.238. The number of phenols is 2. The fraction of sp³-hybridized carbons (Fsp3) is 0.333. The molecule has 0 saturated carbocycles. The lowest BCUT2D eigenvalue weighted by Crippen LogP contribution is -2.13. The zero-order valence-corrected chi connectivity index (χ0v) is 17.2. The third-order valence-electron chi connectivity index (χ3n) is 4.20. The molecule has 0 atom stereocenters. The van der Waals surface area contributed by atoms with Crippen molar-refractivity contribution in [3.63, 3.8) is 0 Å². The van der Waals surface area contributed by atoms with Crippen molar-refractivity contribution in [2.45, 2.75) is 12.8 Å². The topological polar surface area (TPSA) is 77.4 Å². The third-order valence-corrected chi connectivity index (χ3v) is 4.20. The molecule has 0 amide bonds. The van der Waals surface area contributed by atoms with Crippen LogP contribution in [0.25, 0.3) is 0 Å². The summed E-state index contributed by atoms with van der Waals surface area (Å²) in [5.74, 6) is 1.85. The van der Waals surface area contributed by atoms with Crippen molar-refractivity contribution in [2.24, 2.45) is 0 Å². The lowest BCUT2D eigenvalue weighted by atomic mass is 10.1. The van der Waals surface area contributed by atoms with E-state index in [0.717, 1.165) is 11.1 Å². The van der Waals surface area contributed by atoms with Gasteiger partial charge >= 0.3 is 0 Å². The van der Waals surface area contributed by atoms with Crippen LogP contribution in [-0.4, -0.2) is 49.9 Å². The van der Waals surface area contributed by atoms with Crippen LogP contribution in [0.5, 0.6) is 23.0 Å². The normalized spacial score (nSPS) is 10.5. The molecule has 6 heteroatoms. The Morgan fingerprint density at radius 1 is 0.633 bits per heavy atom. The Hall–Kier alpha value is -2.96. The van der Waals surface area contributed by atoms with E-state index in [-0.39, 0.29) is 11.5 Å². The van der Waals surface area contributed by atoms with Crippen LogP contribution in [0.4, 0.5) is 0 Å². The molecule has 2 aromatic rings. The van der Waals surface area contributed by atoms with Gasteiger partial charge < -0.3 is 29.2 Å². The van der Waals surface area contributed by atoms with Crippen molar-refractivity contribution >= 4 is 0 Å². The summed E-state index contributed by atoms with van der Waals surface area (Å²) in [6.45, 7) is 9.98. The van der Waals surface area contributed by atoms with Crippen LogP contribution in [0.15, 0.2) is 61.7 Å². The molecule has 0 aromatic heterocycles. The predicted molar refractivity (Wildman–Crippen MR) is 117 cm³/mol. The third kappa shape index (κ3) is 8.19. The van der Waals surface area contributed by atoms with Crippen LogP contribution in [0, 0.1) is 0 Å². The number of hydrogen-bond acceptors (Lipinski definition) is 6. The second-order valence-electron chi connectivity index (χ2n) is 6.49. The van der Waals surface area contributed by atoms with Crippen LogP contribution >= 0.6 is 0 Å². The van der Waals surface area contributed by atoms with Gasteiger partial charge in [-0.2, -0.15) is 0 Å². The fourth-order valence-corrected chi connectivity index (χ4v) is 2.70. The molecule has 30 heavy (non-hydrogen) atoms. The summed E-state index contributed by atoms with van der Waals surface area (Å²) in [6.07, 6.45) is 4.64. The number of phenolic OH excluding ortho intramolecular Hbond substituents is 2. The Labute approximate surface area is 178 Å². The first-order valence-corrected chi connectivity index (χ1v) is 9.90. The van der Waals surface area contributed by atoms with Gasteiger partial charge in [0.05, 0.1) is 26.4 Å². The van der Waals surface area contributed by atoms with Gasteiger partial charge in [-0.05, 0) is 49.2 Å². The summed E-state index contributed by atoms with van der Waals surface area (Å²) in [7, 11) is 0. The van der Waals surface area contributed by atoms with Gasteiger partial charge in [-0.1, -0.05) is 12.2 Å². The molecule has 0 bridgehead atoms. The Morgan fingerprint density at radius 2 is 1.03 bits per heavy atom. The van der Waals surface area contributed by atoms with Gasteiger partial charge in [-0.25, -0.2) is 0 Å². The van der Waals surface area contributed by atoms with Crippen LogP contribution in [0.3, 0.4) is 0 Å². The van der Waals surface area contributed by atoms with Gasteiger partial charge in [0.2, 0.25) is 0 Å². The highest BCUT2D eigenvalue weighted by Crippen LogP contribution is 2.24. The van der Waals surface area contributed by atoms with Crippen molar-refractivity contribution in [3.8, 4) is 23.0 Å². The zero-order chi connectivity index (χ0) is 21.6. The van der Waals surface area contributed by atoms with Crippen LogP contribution in [-0.2, 0) is 22.3 Å². The number of rotatable bonds is 15. The van der Waals surface area contributed by atoms with E-state index in [9.17, 15) is 10.2 Å². The van der Waals surface area contributed by atoms with Crippen molar-refractivity contribution < 1.29 is 29.2 Å². The molecular weight excluding hydrogens is 384 g/mol. The maximum absolute atomic E-state index is 9.74. The minimum atomic E-state index is 0.238. The molecule has 0 aliphatic rings. The van der Waals surface area contributed by atoms with Crippen LogP contribution in [0.2, 0.25) is 0 Å². The Balaban J connectivity index is 1.51. The van der Waals surface area contributed by atoms with E-state index in [1.165, 1.54) is 0 Å². The summed E-state index contributed by atoms with van der Waals surface area (Å²) in [5.41, 5.74) is 1.56. The van der Waals surface area contributed by atoms with E-state index in [4.69, 9.17) is 18.9 Å². The van der Waals surface area contributed by atoms with E-state index >= 15 is 0 Å². The molecule has 0 fully saturated rings. The summed E-state index contributed by atoms with van der Waals surface area (Å²) in [4.78, 5) is 0. The molecule has 0 radical (unpaired) electrons. The van der Waals surface area contributed by atoms with Gasteiger partial charge in [-0.3, -0.25) is 0 Å². The fourth-order valence-electron chi connectivity index (χ4n) is 2.70. The van der Waals surface area contributed by atoms with E-state index < -0.39 is 0 Å². The smallest absolute Gasteiger partial charge is 0.119 e. The zero-order valence-electron chi connectivity index (χ0n) is 17.2. The van der Waals surface area contributed by atoms with Crippen molar-refractivity contribution in [3.05, 3.63) is 72.8 Å². The Bertz CT molecular complexity index is 735. The van der Waals surface area contributed by atoms with Gasteiger partial charge in [0.25, 0.3) is 0 Å². The molecule has 2 rings (SSSR count). The first-order chi connectivity index (χ1) is 14.6.